The van der Waals surface area contributed by atoms with Crippen molar-refractivity contribution in [1.82, 2.24) is 0 Å². The van der Waals surface area contributed by atoms with E-state index in [-0.39, 0.29) is 5.91 Å². The van der Waals surface area contributed by atoms with Gasteiger partial charge in [-0.3, -0.25) is 4.79 Å². The number of carboxylic acid groups (broad SMARTS) is 1. The number of hydrogen-bond acceptors (Lipinski definition) is 3. The second kappa shape index (κ2) is 6.95. The number of amides is 1. The number of nitrogens with one attached hydrogen (secondary N) is 1. The summed E-state index contributed by atoms with van der Waals surface area (Å²) in [7, 11) is 0. The van der Waals surface area contributed by atoms with Crippen LogP contribution in [-0.2, 0) is 4.79 Å². The molecule has 0 spiro atoms. The molecule has 0 aliphatic rings. The Labute approximate surface area is 132 Å². The van der Waals surface area contributed by atoms with Gasteiger partial charge in [-0.2, -0.15) is 0 Å². The number of carbonyl (C=O) groups excluding carboxylic acids is 1. The molecule has 0 heterocycles. The summed E-state index contributed by atoms with van der Waals surface area (Å²) < 4.78 is 5.20. The van der Waals surface area contributed by atoms with Crippen molar-refractivity contribution in [3.63, 3.8) is 0 Å². The molecule has 5 nitrogen and oxygen atoms in total. The number of anilines is 1. The minimum Gasteiger partial charge on any atom is -0.479 e. The van der Waals surface area contributed by atoms with Gasteiger partial charge in [-0.15, -0.1) is 0 Å². The first-order chi connectivity index (χ1) is 10.5. The zero-order chi connectivity index (χ0) is 16.1. The lowest BCUT2D eigenvalue weighted by Crippen LogP contribution is -2.22. The highest BCUT2D eigenvalue weighted by Crippen LogP contribution is 2.17. The highest BCUT2D eigenvalue weighted by Gasteiger charge is 2.13. The lowest BCUT2D eigenvalue weighted by atomic mass is 10.2. The first-order valence-corrected chi connectivity index (χ1v) is 6.90. The second-order valence-corrected chi connectivity index (χ2v) is 5.02. The van der Waals surface area contributed by atoms with Gasteiger partial charge in [-0.25, -0.2) is 4.79 Å². The fourth-order valence-corrected chi connectivity index (χ4v) is 1.80. The Kier molecular flexibility index (Phi) is 5.01. The zero-order valence-corrected chi connectivity index (χ0v) is 12.5. The minimum atomic E-state index is -1.05. The van der Waals surface area contributed by atoms with E-state index in [1.54, 1.807) is 48.5 Å². The number of carbonyl (C=O) groups is 2. The van der Waals surface area contributed by atoms with E-state index in [0.29, 0.717) is 22.0 Å². The van der Waals surface area contributed by atoms with Crippen molar-refractivity contribution in [2.75, 3.05) is 5.32 Å². The summed E-state index contributed by atoms with van der Waals surface area (Å²) in [6.45, 7) is 1.43. The lowest BCUT2D eigenvalue weighted by Gasteiger charge is -2.11. The molecule has 0 aliphatic heterocycles. The van der Waals surface area contributed by atoms with Crippen LogP contribution in [0.2, 0.25) is 5.02 Å². The van der Waals surface area contributed by atoms with Crippen molar-refractivity contribution in [1.29, 1.82) is 0 Å². The van der Waals surface area contributed by atoms with Crippen molar-refractivity contribution in [2.24, 2.45) is 0 Å². The summed E-state index contributed by atoms with van der Waals surface area (Å²) >= 11 is 5.78. The van der Waals surface area contributed by atoms with Crippen LogP contribution in [0.5, 0.6) is 5.75 Å². The molecule has 1 amide bonds. The highest BCUT2D eigenvalue weighted by atomic mass is 35.5. The minimum absolute atomic E-state index is 0.278. The molecule has 2 aromatic rings. The topological polar surface area (TPSA) is 75.6 Å². The summed E-state index contributed by atoms with van der Waals surface area (Å²) in [4.78, 5) is 22.8. The van der Waals surface area contributed by atoms with Crippen molar-refractivity contribution < 1.29 is 19.4 Å². The molecule has 6 heteroatoms. The number of aliphatic carboxylic acids is 1. The molecular weight excluding hydrogens is 306 g/mol. The lowest BCUT2D eigenvalue weighted by molar-refractivity contribution is -0.144. The molecule has 0 unspecified atom stereocenters. The normalized spacial score (nSPS) is 11.5. The molecule has 0 aliphatic carbocycles. The number of carboxylic acids is 1. The predicted molar refractivity (Wildman–Crippen MR) is 83.6 cm³/mol. The van der Waals surface area contributed by atoms with Gasteiger partial charge in [-0.1, -0.05) is 11.6 Å². The Balaban J connectivity index is 2.01. The van der Waals surface area contributed by atoms with Crippen LogP contribution in [0.25, 0.3) is 0 Å². The Hall–Kier alpha value is -2.53. The molecule has 0 fully saturated rings. The van der Waals surface area contributed by atoms with Gasteiger partial charge in [0, 0.05) is 16.3 Å². The molecule has 0 bridgehead atoms. The van der Waals surface area contributed by atoms with Crippen molar-refractivity contribution in [3.8, 4) is 5.75 Å². The largest absolute Gasteiger partial charge is 0.479 e. The number of benzene rings is 2. The van der Waals surface area contributed by atoms with Gasteiger partial charge in [-0.05, 0) is 55.5 Å². The van der Waals surface area contributed by atoms with Crippen LogP contribution in [0.3, 0.4) is 0 Å². The predicted octanol–water partition coefficient (Wildman–Crippen LogP) is 3.44. The Morgan fingerprint density at radius 3 is 2.23 bits per heavy atom. The first kappa shape index (κ1) is 15.9. The molecule has 22 heavy (non-hydrogen) atoms. The van der Waals surface area contributed by atoms with Crippen molar-refractivity contribution >= 4 is 29.2 Å². The van der Waals surface area contributed by atoms with Gasteiger partial charge < -0.3 is 15.2 Å². The van der Waals surface area contributed by atoms with E-state index in [1.165, 1.54) is 6.92 Å². The Bertz CT molecular complexity index is 668. The molecule has 0 saturated heterocycles. The standard InChI is InChI=1S/C16H14ClNO4/c1-10(16(20)21)22-14-8-2-11(3-9-14)15(19)18-13-6-4-12(17)5-7-13/h2-10H,1H3,(H,18,19)(H,20,21)/t10-/m1/s1. The SMILES string of the molecule is C[C@@H](Oc1ccc(C(=O)Nc2ccc(Cl)cc2)cc1)C(=O)O. The summed E-state index contributed by atoms with van der Waals surface area (Å²) in [5.74, 6) is -0.942. The van der Waals surface area contributed by atoms with Crippen LogP contribution >= 0.6 is 11.6 Å². The molecule has 0 saturated carbocycles. The van der Waals surface area contributed by atoms with Gasteiger partial charge in [0.2, 0.25) is 0 Å². The summed E-state index contributed by atoms with van der Waals surface area (Å²) in [5.41, 5.74) is 1.07. The summed E-state index contributed by atoms with van der Waals surface area (Å²) in [6, 6.07) is 13.0. The van der Waals surface area contributed by atoms with Crippen LogP contribution in [0.1, 0.15) is 17.3 Å². The van der Waals surface area contributed by atoms with Crippen LogP contribution < -0.4 is 10.1 Å². The fourth-order valence-electron chi connectivity index (χ4n) is 1.68. The van der Waals surface area contributed by atoms with E-state index in [2.05, 4.69) is 5.32 Å². The van der Waals surface area contributed by atoms with Gasteiger partial charge in [0.1, 0.15) is 5.75 Å². The Morgan fingerprint density at radius 1 is 1.09 bits per heavy atom. The zero-order valence-electron chi connectivity index (χ0n) is 11.7. The van der Waals surface area contributed by atoms with E-state index < -0.39 is 12.1 Å². The van der Waals surface area contributed by atoms with E-state index in [9.17, 15) is 9.59 Å². The van der Waals surface area contributed by atoms with E-state index in [1.807, 2.05) is 0 Å². The molecule has 0 aromatic heterocycles. The number of ether oxygens (including phenoxy) is 1. The molecule has 2 rings (SSSR count). The quantitative estimate of drug-likeness (QED) is 0.885. The van der Waals surface area contributed by atoms with Crippen LogP contribution in [0.15, 0.2) is 48.5 Å². The molecule has 2 aromatic carbocycles. The van der Waals surface area contributed by atoms with Gasteiger partial charge in [0.25, 0.3) is 5.91 Å². The third-order valence-electron chi connectivity index (χ3n) is 2.88. The van der Waals surface area contributed by atoms with Crippen LogP contribution in [-0.4, -0.2) is 23.1 Å². The number of halogens is 1. The summed E-state index contributed by atoms with van der Waals surface area (Å²) in [6.07, 6.45) is -0.950. The first-order valence-electron chi connectivity index (χ1n) is 6.52. The molecule has 2 N–H and O–H groups in total. The molecule has 1 atom stereocenters. The number of hydrogen-bond donors (Lipinski definition) is 2. The third-order valence-corrected chi connectivity index (χ3v) is 3.13. The van der Waals surface area contributed by atoms with Crippen LogP contribution in [0, 0.1) is 0 Å². The maximum Gasteiger partial charge on any atom is 0.344 e. The monoisotopic (exact) mass is 319 g/mol. The fraction of sp³-hybridized carbons (Fsp3) is 0.125. The van der Waals surface area contributed by atoms with Crippen LogP contribution in [0.4, 0.5) is 5.69 Å². The average molecular weight is 320 g/mol. The highest BCUT2D eigenvalue weighted by molar-refractivity contribution is 6.30. The molecule has 114 valence electrons. The second-order valence-electron chi connectivity index (χ2n) is 4.58. The van der Waals surface area contributed by atoms with Gasteiger partial charge >= 0.3 is 5.97 Å². The van der Waals surface area contributed by atoms with E-state index >= 15 is 0 Å². The summed E-state index contributed by atoms with van der Waals surface area (Å²) in [5, 5.41) is 12.1. The Morgan fingerprint density at radius 2 is 1.68 bits per heavy atom. The smallest absolute Gasteiger partial charge is 0.344 e. The maximum absolute atomic E-state index is 12.1. The molecular formula is C16H14ClNO4. The maximum atomic E-state index is 12.1. The van der Waals surface area contributed by atoms with Crippen molar-refractivity contribution in [3.05, 3.63) is 59.1 Å². The number of rotatable bonds is 5. The average Bonchev–Trinajstić information content (AvgIpc) is 2.50. The van der Waals surface area contributed by atoms with E-state index in [4.69, 9.17) is 21.4 Å². The van der Waals surface area contributed by atoms with E-state index in [0.717, 1.165) is 0 Å². The van der Waals surface area contributed by atoms with Crippen molar-refractivity contribution in [2.45, 2.75) is 13.0 Å². The third kappa shape index (κ3) is 4.23. The molecule has 0 radical (unpaired) electrons. The van der Waals surface area contributed by atoms with Gasteiger partial charge in [0.05, 0.1) is 0 Å². The van der Waals surface area contributed by atoms with Gasteiger partial charge in [0.15, 0.2) is 6.10 Å².